The van der Waals surface area contributed by atoms with Crippen molar-refractivity contribution in [2.75, 3.05) is 0 Å². The summed E-state index contributed by atoms with van der Waals surface area (Å²) in [4.78, 5) is 0. The van der Waals surface area contributed by atoms with Crippen molar-refractivity contribution in [2.24, 2.45) is 0 Å². The molecule has 1 heteroatoms. The van der Waals surface area contributed by atoms with Crippen molar-refractivity contribution in [2.45, 2.75) is 19.3 Å². The van der Waals surface area contributed by atoms with Crippen LogP contribution in [-0.2, 0) is 5.41 Å². The van der Waals surface area contributed by atoms with Crippen LogP contribution in [0.3, 0.4) is 0 Å². The lowest BCUT2D eigenvalue weighted by atomic mass is 9.81. The molecule has 0 amide bonds. The van der Waals surface area contributed by atoms with Gasteiger partial charge in [-0.25, -0.2) is 0 Å². The van der Waals surface area contributed by atoms with Crippen LogP contribution in [0.1, 0.15) is 25.0 Å². The van der Waals surface area contributed by atoms with E-state index in [1.165, 1.54) is 49.7 Å². The smallest absolute Gasteiger partial charge is 0.0588 e. The maximum absolute atomic E-state index is 2.46. The fraction of sp³-hybridized carbons (Fsp3) is 0.111. The fourth-order valence-corrected chi connectivity index (χ4v) is 5.16. The third kappa shape index (κ3) is 1.86. The molecule has 1 nitrogen and oxygen atoms in total. The first-order chi connectivity index (χ1) is 13.7. The van der Waals surface area contributed by atoms with Gasteiger partial charge in [0.1, 0.15) is 0 Å². The van der Waals surface area contributed by atoms with Crippen LogP contribution in [0.25, 0.3) is 38.6 Å². The molecular formula is C27H21N. The zero-order valence-corrected chi connectivity index (χ0v) is 16.1. The number of aromatic nitrogens is 1. The summed E-state index contributed by atoms with van der Waals surface area (Å²) in [7, 11) is 0. The minimum atomic E-state index is -0.0354. The molecule has 1 aliphatic carbocycles. The second-order valence-corrected chi connectivity index (χ2v) is 8.24. The van der Waals surface area contributed by atoms with E-state index in [-0.39, 0.29) is 5.41 Å². The van der Waals surface area contributed by atoms with E-state index in [1.54, 1.807) is 0 Å². The summed E-state index contributed by atoms with van der Waals surface area (Å²) in [6.07, 6.45) is 0. The zero-order chi connectivity index (χ0) is 18.9. The summed E-state index contributed by atoms with van der Waals surface area (Å²) in [5, 5.41) is 2.65. The molecule has 1 aliphatic rings. The number of hydrogen-bond donors (Lipinski definition) is 0. The number of benzene rings is 4. The fourth-order valence-electron chi connectivity index (χ4n) is 5.16. The number of para-hydroxylation sites is 2. The van der Waals surface area contributed by atoms with Gasteiger partial charge in [-0.3, -0.25) is 0 Å². The van der Waals surface area contributed by atoms with E-state index in [9.17, 15) is 0 Å². The summed E-state index contributed by atoms with van der Waals surface area (Å²) in [6, 6.07) is 33.0. The van der Waals surface area contributed by atoms with Crippen LogP contribution in [0, 0.1) is 0 Å². The van der Waals surface area contributed by atoms with Crippen molar-refractivity contribution in [3.05, 3.63) is 102 Å². The minimum Gasteiger partial charge on any atom is -0.309 e. The standard InChI is InChI=1S/C27H21N/c1-27(2)23-14-8-6-12-19(23)21-16-17-22-20-13-7-9-15-24(20)28(26(22)25(21)27)18-10-4-3-5-11-18/h3-17H,1-2H3. The van der Waals surface area contributed by atoms with Crippen LogP contribution in [-0.4, -0.2) is 4.57 Å². The molecule has 0 saturated heterocycles. The Hall–Kier alpha value is -3.32. The highest BCUT2D eigenvalue weighted by atomic mass is 15.0. The van der Waals surface area contributed by atoms with E-state index >= 15 is 0 Å². The predicted molar refractivity (Wildman–Crippen MR) is 118 cm³/mol. The molecule has 134 valence electrons. The van der Waals surface area contributed by atoms with Crippen LogP contribution < -0.4 is 0 Å². The molecule has 0 fully saturated rings. The first kappa shape index (κ1) is 15.7. The van der Waals surface area contributed by atoms with E-state index in [0.717, 1.165) is 0 Å². The van der Waals surface area contributed by atoms with Gasteiger partial charge in [-0.1, -0.05) is 86.6 Å². The third-order valence-electron chi connectivity index (χ3n) is 6.37. The molecule has 0 unspecified atom stereocenters. The molecule has 0 radical (unpaired) electrons. The van der Waals surface area contributed by atoms with E-state index in [1.807, 2.05) is 0 Å². The Balaban J connectivity index is 1.86. The molecule has 0 atom stereocenters. The van der Waals surface area contributed by atoms with Gasteiger partial charge in [0.05, 0.1) is 11.0 Å². The highest BCUT2D eigenvalue weighted by Gasteiger charge is 2.38. The number of hydrogen-bond acceptors (Lipinski definition) is 0. The lowest BCUT2D eigenvalue weighted by Crippen LogP contribution is -2.16. The maximum Gasteiger partial charge on any atom is 0.0588 e. The summed E-state index contributed by atoms with van der Waals surface area (Å²) >= 11 is 0. The first-order valence-electron chi connectivity index (χ1n) is 9.90. The molecular weight excluding hydrogens is 338 g/mol. The third-order valence-corrected chi connectivity index (χ3v) is 6.37. The lowest BCUT2D eigenvalue weighted by molar-refractivity contribution is 0.664. The Morgan fingerprint density at radius 2 is 1.32 bits per heavy atom. The van der Waals surface area contributed by atoms with E-state index in [4.69, 9.17) is 0 Å². The number of nitrogens with zero attached hydrogens (tertiary/aromatic N) is 1. The molecule has 0 saturated carbocycles. The van der Waals surface area contributed by atoms with Gasteiger partial charge in [-0.2, -0.15) is 0 Å². The zero-order valence-electron chi connectivity index (χ0n) is 16.1. The van der Waals surface area contributed by atoms with Crippen molar-refractivity contribution < 1.29 is 0 Å². The molecule has 4 aromatic carbocycles. The van der Waals surface area contributed by atoms with E-state index in [2.05, 4.69) is 109 Å². The van der Waals surface area contributed by atoms with Gasteiger partial charge in [-0.05, 0) is 40.5 Å². The number of fused-ring (bicyclic) bond motifs is 7. The van der Waals surface area contributed by atoms with Crippen LogP contribution in [0.5, 0.6) is 0 Å². The summed E-state index contributed by atoms with van der Waals surface area (Å²) in [5.41, 5.74) is 9.38. The van der Waals surface area contributed by atoms with Crippen LogP contribution >= 0.6 is 0 Å². The first-order valence-corrected chi connectivity index (χ1v) is 9.90. The molecule has 0 N–H and O–H groups in total. The lowest BCUT2D eigenvalue weighted by Gasteiger charge is -2.23. The van der Waals surface area contributed by atoms with Crippen LogP contribution in [0.15, 0.2) is 91.0 Å². The minimum absolute atomic E-state index is 0.0354. The molecule has 0 bridgehead atoms. The quantitative estimate of drug-likeness (QED) is 0.301. The van der Waals surface area contributed by atoms with Crippen LogP contribution in [0.4, 0.5) is 0 Å². The molecule has 1 heterocycles. The SMILES string of the molecule is CC1(C)c2ccccc2-c2ccc3c4ccccc4n(-c4ccccc4)c3c21. The predicted octanol–water partition coefficient (Wildman–Crippen LogP) is 7.09. The van der Waals surface area contributed by atoms with E-state index < -0.39 is 0 Å². The second-order valence-electron chi connectivity index (χ2n) is 8.24. The molecule has 28 heavy (non-hydrogen) atoms. The second kappa shape index (κ2) is 5.36. The Labute approximate surface area is 164 Å². The van der Waals surface area contributed by atoms with Gasteiger partial charge in [0.2, 0.25) is 0 Å². The molecule has 0 aliphatic heterocycles. The Kier molecular flexibility index (Phi) is 3.01. The van der Waals surface area contributed by atoms with Gasteiger partial charge < -0.3 is 4.57 Å². The molecule has 0 spiro atoms. The highest BCUT2D eigenvalue weighted by molar-refractivity contribution is 6.13. The van der Waals surface area contributed by atoms with Gasteiger partial charge in [0.25, 0.3) is 0 Å². The average Bonchev–Trinajstić information content (AvgIpc) is 3.19. The normalized spacial score (nSPS) is 14.4. The number of rotatable bonds is 1. The van der Waals surface area contributed by atoms with Gasteiger partial charge in [-0.15, -0.1) is 0 Å². The van der Waals surface area contributed by atoms with Gasteiger partial charge in [0, 0.05) is 21.9 Å². The van der Waals surface area contributed by atoms with Gasteiger partial charge >= 0.3 is 0 Å². The van der Waals surface area contributed by atoms with E-state index in [0.29, 0.717) is 0 Å². The summed E-state index contributed by atoms with van der Waals surface area (Å²) < 4.78 is 2.46. The van der Waals surface area contributed by atoms with Crippen molar-refractivity contribution in [1.82, 2.24) is 4.57 Å². The average molecular weight is 359 g/mol. The topological polar surface area (TPSA) is 4.93 Å². The Morgan fingerprint density at radius 1 is 0.607 bits per heavy atom. The maximum atomic E-state index is 2.46. The molecule has 1 aromatic heterocycles. The van der Waals surface area contributed by atoms with Crippen molar-refractivity contribution in [1.29, 1.82) is 0 Å². The molecule has 6 rings (SSSR count). The van der Waals surface area contributed by atoms with Gasteiger partial charge in [0.15, 0.2) is 0 Å². The highest BCUT2D eigenvalue weighted by Crippen LogP contribution is 2.52. The summed E-state index contributed by atoms with van der Waals surface area (Å²) in [5.74, 6) is 0. The van der Waals surface area contributed by atoms with Crippen molar-refractivity contribution in [3.8, 4) is 16.8 Å². The Morgan fingerprint density at radius 3 is 2.18 bits per heavy atom. The monoisotopic (exact) mass is 359 g/mol. The van der Waals surface area contributed by atoms with Crippen molar-refractivity contribution >= 4 is 21.8 Å². The molecule has 5 aromatic rings. The largest absolute Gasteiger partial charge is 0.309 e. The summed E-state index contributed by atoms with van der Waals surface area (Å²) in [6.45, 7) is 4.73. The van der Waals surface area contributed by atoms with Crippen LogP contribution in [0.2, 0.25) is 0 Å². The Bertz CT molecular complexity index is 1370. The van der Waals surface area contributed by atoms with Crippen molar-refractivity contribution in [3.63, 3.8) is 0 Å².